The van der Waals surface area contributed by atoms with Crippen molar-refractivity contribution in [3.63, 3.8) is 0 Å². The molecule has 0 fully saturated rings. The molecule has 0 atom stereocenters. The number of furan rings is 1. The van der Waals surface area contributed by atoms with Gasteiger partial charge in [0.1, 0.15) is 5.76 Å². The largest absolute Gasteiger partial charge is 0.469 e. The van der Waals surface area contributed by atoms with Gasteiger partial charge >= 0.3 is 5.97 Å². The summed E-state index contributed by atoms with van der Waals surface area (Å²) in [4.78, 5) is 34.5. The highest BCUT2D eigenvalue weighted by Crippen LogP contribution is 2.09. The number of ether oxygens (including phenoxy) is 1. The molecule has 0 saturated carbocycles. The van der Waals surface area contributed by atoms with Gasteiger partial charge in [-0.05, 0) is 24.6 Å². The van der Waals surface area contributed by atoms with E-state index < -0.39 is 0 Å². The van der Waals surface area contributed by atoms with Crippen molar-refractivity contribution in [2.24, 2.45) is 0 Å². The van der Waals surface area contributed by atoms with Gasteiger partial charge in [0.05, 0.1) is 13.7 Å². The Hall–Kier alpha value is -2.83. The van der Waals surface area contributed by atoms with Gasteiger partial charge in [0, 0.05) is 25.2 Å². The molecule has 23 heavy (non-hydrogen) atoms. The van der Waals surface area contributed by atoms with Gasteiger partial charge < -0.3 is 19.0 Å². The number of pyridine rings is 1. The lowest BCUT2D eigenvalue weighted by Gasteiger charge is -2.03. The zero-order valence-electron chi connectivity index (χ0n) is 12.8. The monoisotopic (exact) mass is 318 g/mol. The van der Waals surface area contributed by atoms with Crippen LogP contribution < -0.4 is 10.9 Å². The smallest absolute Gasteiger partial charge is 0.305 e. The fourth-order valence-corrected chi connectivity index (χ4v) is 1.97. The van der Waals surface area contributed by atoms with Crippen molar-refractivity contribution in [2.75, 3.05) is 13.7 Å². The van der Waals surface area contributed by atoms with Gasteiger partial charge in [0.15, 0.2) is 5.76 Å². The molecule has 0 saturated heterocycles. The number of nitrogens with one attached hydrogen (secondary N) is 1. The van der Waals surface area contributed by atoms with E-state index in [4.69, 9.17) is 4.42 Å². The zero-order valence-corrected chi connectivity index (χ0v) is 12.8. The van der Waals surface area contributed by atoms with E-state index in [1.807, 2.05) is 0 Å². The second kappa shape index (κ2) is 7.98. The number of hydrogen-bond acceptors (Lipinski definition) is 5. The molecule has 0 bridgehead atoms. The first-order valence-electron chi connectivity index (χ1n) is 7.19. The third-order valence-electron chi connectivity index (χ3n) is 3.18. The van der Waals surface area contributed by atoms with Gasteiger partial charge in [-0.2, -0.15) is 0 Å². The lowest BCUT2D eigenvalue weighted by atomic mass is 10.3. The Kier molecular flexibility index (Phi) is 5.74. The second-order valence-corrected chi connectivity index (χ2v) is 4.87. The van der Waals surface area contributed by atoms with Gasteiger partial charge in [-0.1, -0.05) is 6.07 Å². The first-order valence-corrected chi connectivity index (χ1v) is 7.19. The van der Waals surface area contributed by atoms with Gasteiger partial charge in [-0.25, -0.2) is 0 Å². The summed E-state index contributed by atoms with van der Waals surface area (Å²) in [6.45, 7) is 0.609. The summed E-state index contributed by atoms with van der Waals surface area (Å²) < 4.78 is 11.4. The molecule has 7 heteroatoms. The second-order valence-electron chi connectivity index (χ2n) is 4.87. The maximum atomic E-state index is 11.9. The predicted molar refractivity (Wildman–Crippen MR) is 82.1 cm³/mol. The minimum atomic E-state index is -0.360. The predicted octanol–water partition coefficient (Wildman–Crippen LogP) is 1.17. The van der Waals surface area contributed by atoms with Crippen LogP contribution in [0.25, 0.3) is 0 Å². The van der Waals surface area contributed by atoms with E-state index in [9.17, 15) is 14.4 Å². The Morgan fingerprint density at radius 3 is 2.83 bits per heavy atom. The molecule has 2 rings (SSSR count). The number of carbonyl (C=O) groups excluding carboxylic acids is 2. The average Bonchev–Trinajstić information content (AvgIpc) is 3.02. The summed E-state index contributed by atoms with van der Waals surface area (Å²) in [5.74, 6) is 0.00872. The van der Waals surface area contributed by atoms with E-state index in [1.165, 1.54) is 17.7 Å². The Morgan fingerprint density at radius 1 is 1.26 bits per heavy atom. The summed E-state index contributed by atoms with van der Waals surface area (Å²) in [7, 11) is 1.32. The van der Waals surface area contributed by atoms with E-state index >= 15 is 0 Å². The Bertz CT molecular complexity index is 732. The molecule has 2 aromatic rings. The molecule has 1 N–H and O–H groups in total. The molecule has 0 spiro atoms. The molecule has 0 unspecified atom stereocenters. The van der Waals surface area contributed by atoms with E-state index in [1.54, 1.807) is 30.5 Å². The zero-order chi connectivity index (χ0) is 16.7. The van der Waals surface area contributed by atoms with Crippen LogP contribution in [0.5, 0.6) is 0 Å². The summed E-state index contributed by atoms with van der Waals surface area (Å²) in [6.07, 6.45) is 2.39. The third kappa shape index (κ3) is 4.84. The number of nitrogens with zero attached hydrogens (tertiary/aromatic N) is 1. The van der Waals surface area contributed by atoms with Crippen molar-refractivity contribution in [3.8, 4) is 0 Å². The quantitative estimate of drug-likeness (QED) is 0.611. The summed E-state index contributed by atoms with van der Waals surface area (Å²) in [5, 5.41) is 2.66. The number of esters is 1. The number of rotatable bonds is 7. The minimum absolute atomic E-state index is 0.141. The molecule has 0 aromatic carbocycles. The minimum Gasteiger partial charge on any atom is -0.469 e. The number of carbonyl (C=O) groups is 2. The molecule has 0 aliphatic heterocycles. The summed E-state index contributed by atoms with van der Waals surface area (Å²) in [6, 6.07) is 8.08. The molecule has 7 nitrogen and oxygen atoms in total. The van der Waals surface area contributed by atoms with Gasteiger partial charge in [0.25, 0.3) is 11.5 Å². The van der Waals surface area contributed by atoms with Crippen molar-refractivity contribution in [2.45, 2.75) is 19.4 Å². The molecule has 2 heterocycles. The molecule has 0 radical (unpaired) electrons. The fourth-order valence-electron chi connectivity index (χ4n) is 1.97. The molecule has 1 amide bonds. The molecular weight excluding hydrogens is 300 g/mol. The van der Waals surface area contributed by atoms with Crippen molar-refractivity contribution in [1.29, 1.82) is 0 Å². The van der Waals surface area contributed by atoms with Crippen LogP contribution in [0.15, 0.2) is 45.7 Å². The number of hydrogen-bond donors (Lipinski definition) is 1. The summed E-state index contributed by atoms with van der Waals surface area (Å²) in [5.41, 5.74) is -0.141. The maximum Gasteiger partial charge on any atom is 0.305 e. The Labute approximate surface area is 132 Å². The standard InChI is InChI=1S/C16H18N2O5/c1-22-15(20)6-4-9-17-16(21)13-8-7-12(23-13)11-18-10-3-2-5-14(18)19/h2-3,5,7-8,10H,4,6,9,11H2,1H3,(H,17,21). The highest BCUT2D eigenvalue weighted by molar-refractivity contribution is 5.91. The van der Waals surface area contributed by atoms with Crippen LogP contribution >= 0.6 is 0 Å². The first-order chi connectivity index (χ1) is 11.1. The topological polar surface area (TPSA) is 90.5 Å². The van der Waals surface area contributed by atoms with Crippen LogP contribution in [0.4, 0.5) is 0 Å². The highest BCUT2D eigenvalue weighted by atomic mass is 16.5. The fraction of sp³-hybridized carbons (Fsp3) is 0.312. The van der Waals surface area contributed by atoms with E-state index in [0.717, 1.165) is 0 Å². The molecule has 0 aliphatic carbocycles. The lowest BCUT2D eigenvalue weighted by molar-refractivity contribution is -0.140. The average molecular weight is 318 g/mol. The van der Waals surface area contributed by atoms with Crippen LogP contribution in [0.1, 0.15) is 29.2 Å². The first kappa shape index (κ1) is 16.5. The van der Waals surface area contributed by atoms with Crippen LogP contribution in [0.2, 0.25) is 0 Å². The van der Waals surface area contributed by atoms with Crippen molar-refractivity contribution >= 4 is 11.9 Å². The van der Waals surface area contributed by atoms with Gasteiger partial charge in [-0.15, -0.1) is 0 Å². The third-order valence-corrected chi connectivity index (χ3v) is 3.18. The maximum absolute atomic E-state index is 11.9. The van der Waals surface area contributed by atoms with Crippen molar-refractivity contribution in [1.82, 2.24) is 9.88 Å². The van der Waals surface area contributed by atoms with Crippen LogP contribution in [0, 0.1) is 0 Å². The van der Waals surface area contributed by atoms with Gasteiger partial charge in [-0.3, -0.25) is 14.4 Å². The normalized spacial score (nSPS) is 10.3. The van der Waals surface area contributed by atoms with Gasteiger partial charge in [0.2, 0.25) is 0 Å². The Morgan fingerprint density at radius 2 is 2.09 bits per heavy atom. The lowest BCUT2D eigenvalue weighted by Crippen LogP contribution is -2.24. The highest BCUT2D eigenvalue weighted by Gasteiger charge is 2.11. The molecule has 122 valence electrons. The number of aromatic nitrogens is 1. The van der Waals surface area contributed by atoms with E-state index in [0.29, 0.717) is 18.7 Å². The van der Waals surface area contributed by atoms with E-state index in [2.05, 4.69) is 10.1 Å². The van der Waals surface area contributed by atoms with Crippen LogP contribution in [-0.4, -0.2) is 30.1 Å². The molecular formula is C16H18N2O5. The van der Waals surface area contributed by atoms with Crippen LogP contribution in [-0.2, 0) is 16.1 Å². The number of amides is 1. The number of methoxy groups -OCH3 is 1. The summed E-state index contributed by atoms with van der Waals surface area (Å²) >= 11 is 0. The Balaban J connectivity index is 1.86. The molecule has 2 aromatic heterocycles. The molecule has 0 aliphatic rings. The van der Waals surface area contributed by atoms with Crippen molar-refractivity contribution in [3.05, 3.63) is 58.4 Å². The van der Waals surface area contributed by atoms with Crippen molar-refractivity contribution < 1.29 is 18.7 Å². The van der Waals surface area contributed by atoms with Crippen LogP contribution in [0.3, 0.4) is 0 Å². The van der Waals surface area contributed by atoms with E-state index in [-0.39, 0.29) is 36.2 Å². The SMILES string of the molecule is COC(=O)CCCNC(=O)c1ccc(Cn2ccccc2=O)o1.